The number of likely N-dealkylation sites (tertiary alicyclic amines) is 1. The van der Waals surface area contributed by atoms with Crippen molar-refractivity contribution in [2.75, 3.05) is 13.6 Å². The third-order valence-electron chi connectivity index (χ3n) is 3.13. The molecule has 0 aromatic carbocycles. The number of carbonyl (C=O) groups excluding carboxylic acids is 1. The van der Waals surface area contributed by atoms with Crippen molar-refractivity contribution >= 4 is 5.91 Å². The van der Waals surface area contributed by atoms with E-state index in [1.54, 1.807) is 0 Å². The van der Waals surface area contributed by atoms with Gasteiger partial charge in [-0.3, -0.25) is 4.79 Å². The van der Waals surface area contributed by atoms with E-state index in [4.69, 9.17) is 0 Å². The zero-order valence-electron chi connectivity index (χ0n) is 8.95. The molecule has 0 aromatic heterocycles. The molecule has 2 aliphatic rings. The van der Waals surface area contributed by atoms with Crippen molar-refractivity contribution < 1.29 is 4.79 Å². The Morgan fingerprint density at radius 1 is 1.29 bits per heavy atom. The molecule has 2 aliphatic heterocycles. The summed E-state index contributed by atoms with van der Waals surface area (Å²) in [4.78, 5) is 15.3. The van der Waals surface area contributed by atoms with Crippen molar-refractivity contribution in [2.24, 2.45) is 0 Å². The number of nitrogens with zero attached hydrogens (tertiary/aromatic N) is 2. The van der Waals surface area contributed by atoms with Crippen molar-refractivity contribution in [3.8, 4) is 0 Å². The Balaban J connectivity index is 2.18. The topological polar surface area (TPSA) is 23.6 Å². The summed E-state index contributed by atoms with van der Waals surface area (Å²) in [5.74, 6) is 0.271. The Bertz CT molecular complexity index is 310. The lowest BCUT2D eigenvalue weighted by molar-refractivity contribution is -0.140. The smallest absolute Gasteiger partial charge is 0.225 e. The molecule has 3 heteroatoms. The van der Waals surface area contributed by atoms with Gasteiger partial charge in [-0.15, -0.1) is 0 Å². The minimum absolute atomic E-state index is 0.187. The molecule has 3 nitrogen and oxygen atoms in total. The maximum Gasteiger partial charge on any atom is 0.225 e. The fourth-order valence-corrected chi connectivity index (χ4v) is 1.87. The van der Waals surface area contributed by atoms with Gasteiger partial charge in [-0.2, -0.15) is 0 Å². The normalized spacial score (nSPS) is 23.2. The highest BCUT2D eigenvalue weighted by atomic mass is 16.2. The van der Waals surface area contributed by atoms with Gasteiger partial charge in [-0.05, 0) is 26.0 Å². The van der Waals surface area contributed by atoms with Crippen LogP contribution in [0.4, 0.5) is 0 Å². The molecule has 0 radical (unpaired) electrons. The predicted octanol–water partition coefficient (Wildman–Crippen LogP) is 1.34. The van der Waals surface area contributed by atoms with Gasteiger partial charge in [0, 0.05) is 31.4 Å². The summed E-state index contributed by atoms with van der Waals surface area (Å²) in [5.41, 5.74) is 2.43. The van der Waals surface area contributed by atoms with Crippen LogP contribution < -0.4 is 0 Å². The van der Waals surface area contributed by atoms with Crippen LogP contribution in [0.2, 0.25) is 0 Å². The van der Waals surface area contributed by atoms with Crippen LogP contribution in [0.3, 0.4) is 0 Å². The van der Waals surface area contributed by atoms with Gasteiger partial charge in [0.15, 0.2) is 0 Å². The Morgan fingerprint density at radius 2 is 1.86 bits per heavy atom. The monoisotopic (exact) mass is 192 g/mol. The SMILES string of the molecule is CC1=CC(N2CCC2=O)C=C(C)N1C. The molecule has 2 heterocycles. The summed E-state index contributed by atoms with van der Waals surface area (Å²) < 4.78 is 0. The van der Waals surface area contributed by atoms with E-state index in [1.807, 2.05) is 11.9 Å². The van der Waals surface area contributed by atoms with E-state index < -0.39 is 0 Å². The summed E-state index contributed by atoms with van der Waals surface area (Å²) >= 11 is 0. The molecule has 14 heavy (non-hydrogen) atoms. The summed E-state index contributed by atoms with van der Waals surface area (Å²) in [7, 11) is 2.05. The first-order valence-corrected chi connectivity index (χ1v) is 4.99. The van der Waals surface area contributed by atoms with Crippen LogP contribution in [0.1, 0.15) is 20.3 Å². The first-order chi connectivity index (χ1) is 6.59. The van der Waals surface area contributed by atoms with E-state index in [0.717, 1.165) is 6.54 Å². The van der Waals surface area contributed by atoms with E-state index in [-0.39, 0.29) is 11.9 Å². The first kappa shape index (κ1) is 9.31. The zero-order valence-corrected chi connectivity index (χ0v) is 8.95. The van der Waals surface area contributed by atoms with Crippen LogP contribution in [0, 0.1) is 0 Å². The Labute approximate surface area is 84.7 Å². The molecular formula is C11H16N2O. The predicted molar refractivity (Wildman–Crippen MR) is 55.4 cm³/mol. The van der Waals surface area contributed by atoms with Gasteiger partial charge in [0.05, 0.1) is 6.04 Å². The number of hydrogen-bond donors (Lipinski definition) is 0. The quantitative estimate of drug-likeness (QED) is 0.585. The van der Waals surface area contributed by atoms with Crippen molar-refractivity contribution in [1.29, 1.82) is 0 Å². The second-order valence-corrected chi connectivity index (χ2v) is 4.00. The Kier molecular flexibility index (Phi) is 2.10. The summed E-state index contributed by atoms with van der Waals surface area (Å²) in [6.07, 6.45) is 5.00. The minimum atomic E-state index is 0.187. The number of hydrogen-bond acceptors (Lipinski definition) is 2. The molecule has 1 saturated heterocycles. The van der Waals surface area contributed by atoms with Gasteiger partial charge in [0.25, 0.3) is 0 Å². The van der Waals surface area contributed by atoms with Crippen LogP contribution in [0.25, 0.3) is 0 Å². The molecule has 0 atom stereocenters. The lowest BCUT2D eigenvalue weighted by atomic mass is 10.0. The summed E-state index contributed by atoms with van der Waals surface area (Å²) in [5, 5.41) is 0. The fraction of sp³-hybridized carbons (Fsp3) is 0.545. The second-order valence-electron chi connectivity index (χ2n) is 4.00. The number of β-lactam (4-membered cyclic amide) rings is 1. The molecule has 0 bridgehead atoms. The van der Waals surface area contributed by atoms with E-state index in [9.17, 15) is 4.79 Å². The molecule has 0 saturated carbocycles. The zero-order chi connectivity index (χ0) is 10.3. The number of allylic oxidation sites excluding steroid dienone is 2. The lowest BCUT2D eigenvalue weighted by Crippen LogP contribution is -2.49. The van der Waals surface area contributed by atoms with Crippen LogP contribution in [0.15, 0.2) is 23.5 Å². The highest BCUT2D eigenvalue weighted by molar-refractivity contribution is 5.82. The third-order valence-corrected chi connectivity index (χ3v) is 3.13. The van der Waals surface area contributed by atoms with Gasteiger partial charge in [-0.25, -0.2) is 0 Å². The standard InChI is InChI=1S/C11H16N2O/c1-8-6-10(7-9(2)12(8)3)13-5-4-11(13)14/h6-7,10H,4-5H2,1-3H3. The molecule has 2 rings (SSSR count). The number of rotatable bonds is 1. The molecular weight excluding hydrogens is 176 g/mol. The molecule has 0 spiro atoms. The van der Waals surface area contributed by atoms with Crippen LogP contribution in [-0.2, 0) is 4.79 Å². The maximum atomic E-state index is 11.3. The Morgan fingerprint density at radius 3 is 2.21 bits per heavy atom. The highest BCUT2D eigenvalue weighted by Gasteiger charge is 2.30. The highest BCUT2D eigenvalue weighted by Crippen LogP contribution is 2.23. The van der Waals surface area contributed by atoms with Crippen molar-refractivity contribution in [2.45, 2.75) is 26.3 Å². The largest absolute Gasteiger partial charge is 0.353 e. The molecule has 0 aliphatic carbocycles. The average Bonchev–Trinajstić information content (AvgIpc) is 2.11. The molecule has 0 unspecified atom stereocenters. The van der Waals surface area contributed by atoms with Gasteiger partial charge < -0.3 is 9.80 Å². The third kappa shape index (κ3) is 1.33. The minimum Gasteiger partial charge on any atom is -0.353 e. The van der Waals surface area contributed by atoms with Gasteiger partial charge in [-0.1, -0.05) is 0 Å². The maximum absolute atomic E-state index is 11.3. The Hall–Kier alpha value is -1.25. The van der Waals surface area contributed by atoms with E-state index in [0.29, 0.717) is 6.42 Å². The molecule has 0 aromatic rings. The van der Waals surface area contributed by atoms with Crippen LogP contribution in [-0.4, -0.2) is 35.3 Å². The molecule has 0 N–H and O–H groups in total. The number of amides is 1. The van der Waals surface area contributed by atoms with Gasteiger partial charge >= 0.3 is 0 Å². The summed E-state index contributed by atoms with van der Waals surface area (Å²) in [6.45, 7) is 5.06. The van der Waals surface area contributed by atoms with Crippen LogP contribution in [0.5, 0.6) is 0 Å². The fourth-order valence-electron chi connectivity index (χ4n) is 1.87. The van der Waals surface area contributed by atoms with E-state index in [2.05, 4.69) is 30.9 Å². The van der Waals surface area contributed by atoms with E-state index in [1.165, 1.54) is 11.4 Å². The second kappa shape index (κ2) is 3.15. The van der Waals surface area contributed by atoms with Crippen molar-refractivity contribution in [3.05, 3.63) is 23.5 Å². The molecule has 1 amide bonds. The van der Waals surface area contributed by atoms with Crippen molar-refractivity contribution in [1.82, 2.24) is 9.80 Å². The van der Waals surface area contributed by atoms with Crippen molar-refractivity contribution in [3.63, 3.8) is 0 Å². The first-order valence-electron chi connectivity index (χ1n) is 4.99. The average molecular weight is 192 g/mol. The van der Waals surface area contributed by atoms with Gasteiger partial charge in [0.2, 0.25) is 5.91 Å². The molecule has 76 valence electrons. The number of carbonyl (C=O) groups is 1. The summed E-state index contributed by atoms with van der Waals surface area (Å²) in [6, 6.07) is 0.187. The molecule has 1 fully saturated rings. The van der Waals surface area contributed by atoms with E-state index >= 15 is 0 Å². The van der Waals surface area contributed by atoms with Crippen LogP contribution >= 0.6 is 0 Å². The van der Waals surface area contributed by atoms with Gasteiger partial charge in [0.1, 0.15) is 0 Å². The lowest BCUT2D eigenvalue weighted by Gasteiger charge is -2.39.